The van der Waals surface area contributed by atoms with E-state index in [4.69, 9.17) is 4.74 Å². The molecule has 1 atom stereocenters. The zero-order valence-corrected chi connectivity index (χ0v) is 13.5. The molecule has 0 radical (unpaired) electrons. The highest BCUT2D eigenvalue weighted by molar-refractivity contribution is 6.02. The minimum absolute atomic E-state index is 0.0757. The van der Waals surface area contributed by atoms with E-state index in [1.54, 1.807) is 31.2 Å². The maximum atomic E-state index is 12.2. The molecule has 0 aliphatic heterocycles. The largest absolute Gasteiger partial charge is 0.451 e. The van der Waals surface area contributed by atoms with Crippen LogP contribution in [-0.2, 0) is 9.53 Å². The maximum Gasteiger partial charge on any atom is 0.359 e. The lowest BCUT2D eigenvalue weighted by molar-refractivity contribution is -0.125. The first-order valence-electron chi connectivity index (χ1n) is 7.81. The minimum Gasteiger partial charge on any atom is -0.451 e. The molecule has 8 nitrogen and oxygen atoms in total. The summed E-state index contributed by atoms with van der Waals surface area (Å²) in [5.41, 5.74) is -1.45. The van der Waals surface area contributed by atoms with Crippen LogP contribution in [-0.4, -0.2) is 34.2 Å². The highest BCUT2D eigenvalue weighted by Gasteiger charge is 2.43. The molecule has 25 heavy (non-hydrogen) atoms. The number of esters is 1. The number of nitriles is 1. The van der Waals surface area contributed by atoms with E-state index in [0.29, 0.717) is 10.8 Å². The van der Waals surface area contributed by atoms with Crippen LogP contribution in [0, 0.1) is 17.2 Å². The van der Waals surface area contributed by atoms with Gasteiger partial charge in [-0.05, 0) is 31.7 Å². The summed E-state index contributed by atoms with van der Waals surface area (Å²) in [6, 6.07) is 8.57. The number of benzene rings is 1. The summed E-state index contributed by atoms with van der Waals surface area (Å²) in [5.74, 6) is -1.26. The van der Waals surface area contributed by atoms with E-state index in [-0.39, 0.29) is 11.6 Å². The molecule has 1 fully saturated rings. The predicted molar refractivity (Wildman–Crippen MR) is 87.5 cm³/mol. The number of hydrogen-bond acceptors (Lipinski definition) is 6. The number of ether oxygens (including phenoxy) is 1. The molecule has 3 rings (SSSR count). The average molecular weight is 340 g/mol. The lowest BCUT2D eigenvalue weighted by Crippen LogP contribution is -2.48. The van der Waals surface area contributed by atoms with Gasteiger partial charge in [0.15, 0.2) is 12.3 Å². The summed E-state index contributed by atoms with van der Waals surface area (Å²) in [6.45, 7) is 1.12. The Morgan fingerprint density at radius 2 is 2.08 bits per heavy atom. The van der Waals surface area contributed by atoms with E-state index in [1.165, 1.54) is 0 Å². The fourth-order valence-corrected chi connectivity index (χ4v) is 2.68. The molecule has 0 unspecified atom stereocenters. The van der Waals surface area contributed by atoms with Gasteiger partial charge < -0.3 is 10.1 Å². The Balaban J connectivity index is 1.69. The summed E-state index contributed by atoms with van der Waals surface area (Å²) in [5, 5.41) is 18.4. The molecule has 0 bridgehead atoms. The topological polar surface area (TPSA) is 125 Å². The fraction of sp³-hybridized carbons (Fsp3) is 0.353. The summed E-state index contributed by atoms with van der Waals surface area (Å²) >= 11 is 0. The van der Waals surface area contributed by atoms with Crippen molar-refractivity contribution in [3.05, 3.63) is 40.3 Å². The van der Waals surface area contributed by atoms with Crippen LogP contribution in [0.3, 0.4) is 0 Å². The molecule has 1 amide bonds. The Kier molecular flexibility index (Phi) is 4.23. The first-order valence-corrected chi connectivity index (χ1v) is 7.81. The van der Waals surface area contributed by atoms with E-state index in [2.05, 4.69) is 21.6 Å². The van der Waals surface area contributed by atoms with Crippen molar-refractivity contribution in [1.82, 2.24) is 15.5 Å². The van der Waals surface area contributed by atoms with Crippen molar-refractivity contribution in [3.63, 3.8) is 0 Å². The molecule has 128 valence electrons. The second kappa shape index (κ2) is 6.36. The van der Waals surface area contributed by atoms with Crippen molar-refractivity contribution in [2.24, 2.45) is 5.92 Å². The zero-order valence-electron chi connectivity index (χ0n) is 13.5. The zero-order chi connectivity index (χ0) is 18.0. The number of H-pyrrole nitrogens is 1. The number of nitrogens with zero attached hydrogens (tertiary/aromatic N) is 2. The normalized spacial score (nSPS) is 15.8. The van der Waals surface area contributed by atoms with Crippen LogP contribution in [0.4, 0.5) is 0 Å². The third-order valence-corrected chi connectivity index (χ3v) is 4.25. The van der Waals surface area contributed by atoms with Crippen LogP contribution in [0.5, 0.6) is 0 Å². The lowest BCUT2D eigenvalue weighted by atomic mass is 9.98. The second-order valence-electron chi connectivity index (χ2n) is 6.16. The molecule has 1 aliphatic carbocycles. The fourth-order valence-electron chi connectivity index (χ4n) is 2.68. The molecule has 1 aliphatic rings. The molecule has 2 N–H and O–H groups in total. The average Bonchev–Trinajstić information content (AvgIpc) is 3.46. The Bertz CT molecular complexity index is 942. The number of aromatic amines is 1. The number of fused-ring (bicyclic) bond motifs is 1. The van der Waals surface area contributed by atoms with Crippen LogP contribution in [0.2, 0.25) is 0 Å². The Labute approximate surface area is 142 Å². The van der Waals surface area contributed by atoms with E-state index in [1.807, 2.05) is 0 Å². The van der Waals surface area contributed by atoms with E-state index >= 15 is 0 Å². The molecular weight excluding hydrogens is 324 g/mol. The number of aromatic nitrogens is 2. The van der Waals surface area contributed by atoms with Gasteiger partial charge in [-0.1, -0.05) is 18.2 Å². The first-order chi connectivity index (χ1) is 11.9. The maximum absolute atomic E-state index is 12.2. The summed E-state index contributed by atoms with van der Waals surface area (Å²) in [4.78, 5) is 35.9. The summed E-state index contributed by atoms with van der Waals surface area (Å²) < 4.78 is 4.98. The molecule has 0 spiro atoms. The van der Waals surface area contributed by atoms with Gasteiger partial charge in [-0.2, -0.15) is 10.4 Å². The molecule has 1 saturated carbocycles. The van der Waals surface area contributed by atoms with Crippen molar-refractivity contribution in [1.29, 1.82) is 5.26 Å². The standard InChI is InChI=1S/C17H16N4O4/c1-17(9-18,10-6-7-10)19-13(22)8-25-16(24)14-11-4-2-3-5-12(11)15(23)21-20-14/h2-5,10H,6-8H2,1H3,(H,19,22)(H,21,23)/t17-/m0/s1. The van der Waals surface area contributed by atoms with Gasteiger partial charge in [-0.15, -0.1) is 0 Å². The smallest absolute Gasteiger partial charge is 0.359 e. The number of carbonyl (C=O) groups is 2. The Morgan fingerprint density at radius 1 is 1.40 bits per heavy atom. The molecule has 1 heterocycles. The molecule has 1 aromatic carbocycles. The van der Waals surface area contributed by atoms with Gasteiger partial charge in [0, 0.05) is 5.39 Å². The van der Waals surface area contributed by atoms with E-state index in [0.717, 1.165) is 12.8 Å². The van der Waals surface area contributed by atoms with Gasteiger partial charge in [0.1, 0.15) is 5.54 Å². The van der Waals surface area contributed by atoms with Gasteiger partial charge in [-0.3, -0.25) is 9.59 Å². The first kappa shape index (κ1) is 16.6. The minimum atomic E-state index is -0.952. The van der Waals surface area contributed by atoms with Gasteiger partial charge in [0.25, 0.3) is 11.5 Å². The van der Waals surface area contributed by atoms with Crippen LogP contribution in [0.15, 0.2) is 29.1 Å². The van der Waals surface area contributed by atoms with Gasteiger partial charge >= 0.3 is 5.97 Å². The van der Waals surface area contributed by atoms with E-state index in [9.17, 15) is 19.6 Å². The van der Waals surface area contributed by atoms with Crippen LogP contribution >= 0.6 is 0 Å². The number of hydrogen-bond donors (Lipinski definition) is 2. The van der Waals surface area contributed by atoms with Crippen molar-refractivity contribution < 1.29 is 14.3 Å². The number of carbonyl (C=O) groups excluding carboxylic acids is 2. The predicted octanol–water partition coefficient (Wildman–Crippen LogP) is 0.888. The van der Waals surface area contributed by atoms with Crippen LogP contribution in [0.25, 0.3) is 10.8 Å². The monoisotopic (exact) mass is 340 g/mol. The molecule has 1 aromatic heterocycles. The quantitative estimate of drug-likeness (QED) is 0.779. The lowest BCUT2D eigenvalue weighted by Gasteiger charge is -2.22. The molecule has 0 saturated heterocycles. The number of amides is 1. The van der Waals surface area contributed by atoms with E-state index < -0.39 is 29.6 Å². The Hall–Kier alpha value is -3.21. The van der Waals surface area contributed by atoms with Gasteiger partial charge in [0.2, 0.25) is 0 Å². The highest BCUT2D eigenvalue weighted by Crippen LogP contribution is 2.39. The van der Waals surface area contributed by atoms with Crippen molar-refractivity contribution in [2.75, 3.05) is 6.61 Å². The van der Waals surface area contributed by atoms with Crippen molar-refractivity contribution >= 4 is 22.6 Å². The highest BCUT2D eigenvalue weighted by atomic mass is 16.5. The van der Waals surface area contributed by atoms with Crippen LogP contribution in [0.1, 0.15) is 30.3 Å². The Morgan fingerprint density at radius 3 is 2.72 bits per heavy atom. The van der Waals surface area contributed by atoms with Crippen LogP contribution < -0.4 is 10.9 Å². The van der Waals surface area contributed by atoms with Gasteiger partial charge in [-0.25, -0.2) is 9.89 Å². The number of rotatable bonds is 5. The molecule has 8 heteroatoms. The third kappa shape index (κ3) is 3.35. The molecular formula is C17H16N4O4. The van der Waals surface area contributed by atoms with Gasteiger partial charge in [0.05, 0.1) is 11.5 Å². The van der Waals surface area contributed by atoms with Crippen molar-refractivity contribution in [2.45, 2.75) is 25.3 Å². The molecule has 2 aromatic rings. The number of nitrogens with one attached hydrogen (secondary N) is 2. The summed E-state index contributed by atoms with van der Waals surface area (Å²) in [7, 11) is 0. The summed E-state index contributed by atoms with van der Waals surface area (Å²) in [6.07, 6.45) is 1.77. The third-order valence-electron chi connectivity index (χ3n) is 4.25. The second-order valence-corrected chi connectivity index (χ2v) is 6.16. The van der Waals surface area contributed by atoms with Crippen molar-refractivity contribution in [3.8, 4) is 6.07 Å². The SMILES string of the molecule is C[C@@](C#N)(NC(=O)COC(=O)c1n[nH]c(=O)c2ccccc12)C1CC1.